The van der Waals surface area contributed by atoms with Gasteiger partial charge in [-0.25, -0.2) is 4.79 Å². The highest BCUT2D eigenvalue weighted by Gasteiger charge is 2.48. The van der Waals surface area contributed by atoms with E-state index in [1.807, 2.05) is 0 Å². The normalized spacial score (nSPS) is 22.1. The molecule has 184 valence electrons. The smallest absolute Gasteiger partial charge is 0.336 e. The number of ketones is 1. The first-order chi connectivity index (χ1) is 16.8. The fourth-order valence-electron chi connectivity index (χ4n) is 4.85. The molecule has 0 spiro atoms. The first kappa shape index (κ1) is 24.4. The molecular weight excluding hydrogens is 454 g/mol. The van der Waals surface area contributed by atoms with Gasteiger partial charge in [-0.1, -0.05) is 19.1 Å². The van der Waals surface area contributed by atoms with Gasteiger partial charge in [-0.05, 0) is 31.4 Å². The van der Waals surface area contributed by atoms with Crippen LogP contribution in [0.4, 0.5) is 0 Å². The number of esters is 2. The number of hydrogen-bond donors (Lipinski definition) is 1. The van der Waals surface area contributed by atoms with E-state index in [9.17, 15) is 19.2 Å². The predicted octanol–water partition coefficient (Wildman–Crippen LogP) is 2.60. The first-order valence-corrected chi connectivity index (χ1v) is 11.3. The zero-order chi connectivity index (χ0) is 25.3. The minimum absolute atomic E-state index is 0.00711. The van der Waals surface area contributed by atoms with E-state index in [0.29, 0.717) is 28.8 Å². The number of fused-ring (bicyclic) bond motifs is 1. The van der Waals surface area contributed by atoms with Crippen molar-refractivity contribution in [2.75, 3.05) is 27.4 Å². The van der Waals surface area contributed by atoms with Crippen molar-refractivity contribution < 1.29 is 33.0 Å². The summed E-state index contributed by atoms with van der Waals surface area (Å²) in [6, 6.07) is 6.73. The van der Waals surface area contributed by atoms with Gasteiger partial charge in [0.05, 0.1) is 36.9 Å². The Morgan fingerprint density at radius 1 is 1.14 bits per heavy atom. The summed E-state index contributed by atoms with van der Waals surface area (Å²) in [6.45, 7) is 3.65. The Bertz CT molecular complexity index is 1320. The lowest BCUT2D eigenvalue weighted by Gasteiger charge is -2.37. The molecule has 1 aliphatic carbocycles. The number of allylic oxidation sites excluding steroid dienone is 3. The van der Waals surface area contributed by atoms with Gasteiger partial charge in [0.1, 0.15) is 18.1 Å². The summed E-state index contributed by atoms with van der Waals surface area (Å²) in [6.07, 6.45) is 1.64. The van der Waals surface area contributed by atoms with Gasteiger partial charge in [0, 0.05) is 29.6 Å². The van der Waals surface area contributed by atoms with Crippen molar-refractivity contribution >= 4 is 28.7 Å². The van der Waals surface area contributed by atoms with Crippen LogP contribution in [-0.2, 0) is 28.6 Å². The van der Waals surface area contributed by atoms with Gasteiger partial charge >= 0.3 is 11.9 Å². The third kappa shape index (κ3) is 4.27. The molecule has 0 radical (unpaired) electrons. The number of ether oxygens (including phenoxy) is 3. The average molecular weight is 482 g/mol. The van der Waals surface area contributed by atoms with Crippen LogP contribution in [0.25, 0.3) is 11.0 Å². The summed E-state index contributed by atoms with van der Waals surface area (Å²) in [7, 11) is 2.71. The lowest BCUT2D eigenvalue weighted by Crippen LogP contribution is -2.44. The highest BCUT2D eigenvalue weighted by Crippen LogP contribution is 2.45. The zero-order valence-corrected chi connectivity index (χ0v) is 20.0. The standard InChI is InChI=1S/C26H27NO8/c1-13-11-17-22(24(29)19(13)25(30)33-4)21(20(14(2)27-17)26(31)34-10-9-32-3)16-12-35-18-8-6-5-7-15(18)23(16)28/h5-8,12-13,19,21,27H,9-11H2,1-4H3/t13-,19+,21-/m0/s1. The summed E-state index contributed by atoms with van der Waals surface area (Å²) in [4.78, 5) is 53.1. The van der Waals surface area contributed by atoms with Crippen molar-refractivity contribution in [3.63, 3.8) is 0 Å². The number of carbonyl (C=O) groups excluding carboxylic acids is 3. The molecule has 2 aromatic rings. The van der Waals surface area contributed by atoms with Gasteiger partial charge in [-0.2, -0.15) is 0 Å². The Morgan fingerprint density at radius 3 is 2.60 bits per heavy atom. The van der Waals surface area contributed by atoms with Gasteiger partial charge in [0.25, 0.3) is 0 Å². The van der Waals surface area contributed by atoms with E-state index < -0.39 is 29.6 Å². The van der Waals surface area contributed by atoms with Gasteiger partial charge < -0.3 is 23.9 Å². The van der Waals surface area contributed by atoms with Crippen LogP contribution < -0.4 is 10.7 Å². The van der Waals surface area contributed by atoms with E-state index in [1.54, 1.807) is 38.1 Å². The number of para-hydroxylation sites is 1. The van der Waals surface area contributed by atoms with Crippen LogP contribution in [0.1, 0.15) is 31.7 Å². The fourth-order valence-corrected chi connectivity index (χ4v) is 4.85. The Balaban J connectivity index is 1.92. The van der Waals surface area contributed by atoms with E-state index in [2.05, 4.69) is 5.32 Å². The van der Waals surface area contributed by atoms with E-state index in [0.717, 1.165) is 0 Å². The second-order valence-corrected chi connectivity index (χ2v) is 8.68. The van der Waals surface area contributed by atoms with Crippen LogP contribution in [0, 0.1) is 11.8 Å². The highest BCUT2D eigenvalue weighted by atomic mass is 16.6. The summed E-state index contributed by atoms with van der Waals surface area (Å²) < 4.78 is 21.0. The number of hydrogen-bond acceptors (Lipinski definition) is 9. The predicted molar refractivity (Wildman–Crippen MR) is 125 cm³/mol. The largest absolute Gasteiger partial charge is 0.468 e. The van der Waals surface area contributed by atoms with Crippen LogP contribution in [0.5, 0.6) is 0 Å². The maximum absolute atomic E-state index is 13.7. The minimum Gasteiger partial charge on any atom is -0.468 e. The molecule has 0 unspecified atom stereocenters. The van der Waals surface area contributed by atoms with Crippen LogP contribution in [0.3, 0.4) is 0 Å². The Hall–Kier alpha value is -3.72. The van der Waals surface area contributed by atoms with Crippen LogP contribution in [0.15, 0.2) is 62.3 Å². The lowest BCUT2D eigenvalue weighted by molar-refractivity contribution is -0.151. The second-order valence-electron chi connectivity index (χ2n) is 8.68. The Morgan fingerprint density at radius 2 is 1.89 bits per heavy atom. The van der Waals surface area contributed by atoms with Crippen molar-refractivity contribution in [3.05, 3.63) is 68.9 Å². The van der Waals surface area contributed by atoms with Crippen molar-refractivity contribution in [1.29, 1.82) is 0 Å². The SMILES string of the molecule is COCCOC(=O)C1=C(C)NC2=C(C(=O)[C@H](C(=O)OC)[C@@H](C)C2)[C@H]1c1coc2ccccc2c1=O. The highest BCUT2D eigenvalue weighted by molar-refractivity contribution is 6.12. The van der Waals surface area contributed by atoms with Gasteiger partial charge in [0.15, 0.2) is 11.2 Å². The van der Waals surface area contributed by atoms with Gasteiger partial charge in [-0.15, -0.1) is 0 Å². The molecule has 0 bridgehead atoms. The van der Waals surface area contributed by atoms with Crippen LogP contribution in [-0.4, -0.2) is 45.2 Å². The minimum atomic E-state index is -1.07. The quantitative estimate of drug-likeness (QED) is 0.377. The van der Waals surface area contributed by atoms with E-state index >= 15 is 0 Å². The third-order valence-electron chi connectivity index (χ3n) is 6.50. The van der Waals surface area contributed by atoms with Crippen LogP contribution >= 0.6 is 0 Å². The molecule has 4 rings (SSSR count). The lowest BCUT2D eigenvalue weighted by atomic mass is 9.69. The Kier molecular flexibility index (Phi) is 6.88. The van der Waals surface area contributed by atoms with Crippen molar-refractivity contribution in [2.45, 2.75) is 26.2 Å². The van der Waals surface area contributed by atoms with Crippen molar-refractivity contribution in [3.8, 4) is 0 Å². The van der Waals surface area contributed by atoms with Crippen molar-refractivity contribution in [1.82, 2.24) is 5.32 Å². The number of benzene rings is 1. The molecule has 0 saturated heterocycles. The molecule has 3 atom stereocenters. The molecule has 2 heterocycles. The molecule has 1 aliphatic heterocycles. The second kappa shape index (κ2) is 9.87. The molecular formula is C26H27NO8. The van der Waals surface area contributed by atoms with E-state index in [-0.39, 0.29) is 41.3 Å². The Labute approximate surface area is 201 Å². The summed E-state index contributed by atoms with van der Waals surface area (Å²) in [5.74, 6) is -4.32. The molecule has 0 amide bonds. The number of nitrogens with one attached hydrogen (secondary N) is 1. The molecule has 0 fully saturated rings. The molecule has 0 saturated carbocycles. The number of rotatable bonds is 6. The van der Waals surface area contributed by atoms with Crippen LogP contribution in [0.2, 0.25) is 0 Å². The first-order valence-electron chi connectivity index (χ1n) is 11.3. The average Bonchev–Trinajstić information content (AvgIpc) is 2.83. The third-order valence-corrected chi connectivity index (χ3v) is 6.50. The number of Topliss-reactive ketones (excluding diaryl/α,β-unsaturated/α-hetero) is 1. The van der Waals surface area contributed by atoms with Gasteiger partial charge in [0.2, 0.25) is 0 Å². The maximum atomic E-state index is 13.7. The molecule has 35 heavy (non-hydrogen) atoms. The van der Waals surface area contributed by atoms with E-state index in [4.69, 9.17) is 18.6 Å². The molecule has 1 aromatic heterocycles. The molecule has 2 aliphatic rings. The summed E-state index contributed by atoms with van der Waals surface area (Å²) in [5.41, 5.74) is 1.42. The number of carbonyl (C=O) groups is 3. The fraction of sp³-hybridized carbons (Fsp3) is 0.385. The zero-order valence-electron chi connectivity index (χ0n) is 20.0. The maximum Gasteiger partial charge on any atom is 0.336 e. The monoisotopic (exact) mass is 481 g/mol. The number of methoxy groups -OCH3 is 2. The summed E-state index contributed by atoms with van der Waals surface area (Å²) >= 11 is 0. The molecule has 9 heteroatoms. The topological polar surface area (TPSA) is 121 Å². The van der Waals surface area contributed by atoms with E-state index in [1.165, 1.54) is 20.5 Å². The van der Waals surface area contributed by atoms with Gasteiger partial charge in [-0.3, -0.25) is 14.4 Å². The van der Waals surface area contributed by atoms with Crippen molar-refractivity contribution in [2.24, 2.45) is 11.8 Å². The molecule has 1 N–H and O–H groups in total. The molecule has 9 nitrogen and oxygen atoms in total. The molecule has 1 aromatic carbocycles. The summed E-state index contributed by atoms with van der Waals surface area (Å²) in [5, 5.41) is 3.47. The number of dihydropyridines is 1.